The standard InChI is InChI=1S/C17H19N3O4/c1-3-24-16-10-5-4-9-15(16)19-17(21)12(2)18-13-7-6-8-14(11-13)20(22)23/h4-12,18H,3H2,1-2H3,(H,19,21)/t12-/m1/s1. The lowest BCUT2D eigenvalue weighted by atomic mass is 10.2. The minimum absolute atomic E-state index is 0.0331. The first-order valence-electron chi connectivity index (χ1n) is 7.55. The van der Waals surface area contributed by atoms with Gasteiger partial charge in [-0.3, -0.25) is 14.9 Å². The van der Waals surface area contributed by atoms with Gasteiger partial charge in [-0.15, -0.1) is 0 Å². The van der Waals surface area contributed by atoms with E-state index in [0.29, 0.717) is 23.7 Å². The summed E-state index contributed by atoms with van der Waals surface area (Å²) in [5.41, 5.74) is 1.05. The summed E-state index contributed by atoms with van der Waals surface area (Å²) in [6, 6.07) is 12.6. The van der Waals surface area contributed by atoms with Gasteiger partial charge in [0.1, 0.15) is 11.8 Å². The Labute approximate surface area is 139 Å². The van der Waals surface area contributed by atoms with Crippen molar-refractivity contribution in [2.24, 2.45) is 0 Å². The molecule has 2 rings (SSSR count). The topological polar surface area (TPSA) is 93.5 Å². The van der Waals surface area contributed by atoms with Crippen molar-refractivity contribution in [1.82, 2.24) is 0 Å². The number of carbonyl (C=O) groups is 1. The smallest absolute Gasteiger partial charge is 0.271 e. The molecule has 0 aromatic heterocycles. The molecule has 0 bridgehead atoms. The number of carbonyl (C=O) groups excluding carboxylic acids is 1. The fraction of sp³-hybridized carbons (Fsp3) is 0.235. The first-order chi connectivity index (χ1) is 11.5. The maximum absolute atomic E-state index is 12.3. The van der Waals surface area contributed by atoms with Crippen LogP contribution in [0.5, 0.6) is 5.75 Å². The van der Waals surface area contributed by atoms with Crippen LogP contribution in [0.2, 0.25) is 0 Å². The number of nitro groups is 1. The lowest BCUT2D eigenvalue weighted by molar-refractivity contribution is -0.384. The minimum Gasteiger partial charge on any atom is -0.492 e. The molecule has 2 aromatic carbocycles. The first-order valence-corrected chi connectivity index (χ1v) is 7.55. The van der Waals surface area contributed by atoms with Gasteiger partial charge in [-0.25, -0.2) is 0 Å². The van der Waals surface area contributed by atoms with Gasteiger partial charge in [0.2, 0.25) is 5.91 Å². The zero-order chi connectivity index (χ0) is 17.5. The highest BCUT2D eigenvalue weighted by Crippen LogP contribution is 2.24. The van der Waals surface area contributed by atoms with Crippen LogP contribution in [0.1, 0.15) is 13.8 Å². The highest BCUT2D eigenvalue weighted by atomic mass is 16.6. The summed E-state index contributed by atoms with van der Waals surface area (Å²) in [6.45, 7) is 4.04. The van der Waals surface area contributed by atoms with Gasteiger partial charge in [-0.05, 0) is 32.0 Å². The summed E-state index contributed by atoms with van der Waals surface area (Å²) in [7, 11) is 0. The zero-order valence-electron chi connectivity index (χ0n) is 13.5. The fourth-order valence-electron chi connectivity index (χ4n) is 2.12. The molecule has 0 heterocycles. The van der Waals surface area contributed by atoms with Crippen molar-refractivity contribution in [1.29, 1.82) is 0 Å². The third kappa shape index (κ3) is 4.45. The van der Waals surface area contributed by atoms with Crippen LogP contribution in [-0.2, 0) is 4.79 Å². The molecule has 0 aliphatic carbocycles. The molecule has 126 valence electrons. The third-order valence-corrected chi connectivity index (χ3v) is 3.28. The first kappa shape index (κ1) is 17.3. The van der Waals surface area contributed by atoms with E-state index in [1.165, 1.54) is 12.1 Å². The molecule has 0 saturated carbocycles. The van der Waals surface area contributed by atoms with Gasteiger partial charge in [-0.1, -0.05) is 18.2 Å². The Morgan fingerprint density at radius 3 is 2.71 bits per heavy atom. The van der Waals surface area contributed by atoms with Crippen LogP contribution in [-0.4, -0.2) is 23.5 Å². The van der Waals surface area contributed by atoms with Crippen LogP contribution < -0.4 is 15.4 Å². The molecular formula is C17H19N3O4. The molecule has 0 fully saturated rings. The van der Waals surface area contributed by atoms with Crippen LogP contribution in [0.4, 0.5) is 17.1 Å². The van der Waals surface area contributed by atoms with Crippen LogP contribution >= 0.6 is 0 Å². The van der Waals surface area contributed by atoms with E-state index in [-0.39, 0.29) is 11.6 Å². The molecule has 7 heteroatoms. The minimum atomic E-state index is -0.582. The van der Waals surface area contributed by atoms with E-state index >= 15 is 0 Å². The van der Waals surface area contributed by atoms with Crippen molar-refractivity contribution in [3.05, 3.63) is 58.6 Å². The number of amides is 1. The molecule has 0 spiro atoms. The molecule has 2 N–H and O–H groups in total. The number of nitro benzene ring substituents is 1. The Morgan fingerprint density at radius 2 is 2.00 bits per heavy atom. The largest absolute Gasteiger partial charge is 0.492 e. The van der Waals surface area contributed by atoms with Gasteiger partial charge in [0.15, 0.2) is 0 Å². The van der Waals surface area contributed by atoms with Crippen molar-refractivity contribution in [2.45, 2.75) is 19.9 Å². The Morgan fingerprint density at radius 1 is 1.25 bits per heavy atom. The van der Waals surface area contributed by atoms with Gasteiger partial charge in [0.25, 0.3) is 5.69 Å². The molecule has 0 aliphatic heterocycles. The van der Waals surface area contributed by atoms with Gasteiger partial charge in [0, 0.05) is 17.8 Å². The second-order valence-electron chi connectivity index (χ2n) is 5.09. The molecule has 24 heavy (non-hydrogen) atoms. The molecule has 0 aliphatic rings. The van der Waals surface area contributed by atoms with Gasteiger partial charge in [0.05, 0.1) is 17.2 Å². The number of rotatable bonds is 7. The lowest BCUT2D eigenvalue weighted by Gasteiger charge is -2.17. The molecule has 1 amide bonds. The maximum atomic E-state index is 12.3. The number of nitrogens with zero attached hydrogens (tertiary/aromatic N) is 1. The predicted molar refractivity (Wildman–Crippen MR) is 92.4 cm³/mol. The molecule has 2 aromatic rings. The monoisotopic (exact) mass is 329 g/mol. The Balaban J connectivity index is 2.05. The van der Waals surface area contributed by atoms with E-state index in [4.69, 9.17) is 4.74 Å². The van der Waals surface area contributed by atoms with E-state index in [1.54, 1.807) is 37.3 Å². The van der Waals surface area contributed by atoms with Crippen LogP contribution in [0.3, 0.4) is 0 Å². The second kappa shape index (κ2) is 7.96. The normalized spacial score (nSPS) is 11.4. The van der Waals surface area contributed by atoms with Crippen molar-refractivity contribution in [2.75, 3.05) is 17.2 Å². The Bertz CT molecular complexity index is 733. The molecule has 7 nitrogen and oxygen atoms in total. The zero-order valence-corrected chi connectivity index (χ0v) is 13.5. The predicted octanol–water partition coefficient (Wildman–Crippen LogP) is 3.43. The van der Waals surface area contributed by atoms with E-state index in [9.17, 15) is 14.9 Å². The van der Waals surface area contributed by atoms with Crippen molar-refractivity contribution in [3.8, 4) is 5.75 Å². The summed E-state index contributed by atoms with van der Waals surface area (Å²) < 4.78 is 5.47. The summed E-state index contributed by atoms with van der Waals surface area (Å²) in [4.78, 5) is 22.6. The Kier molecular flexibility index (Phi) is 5.73. The SMILES string of the molecule is CCOc1ccccc1NC(=O)[C@@H](C)Nc1cccc([N+](=O)[O-])c1. The lowest BCUT2D eigenvalue weighted by Crippen LogP contribution is -2.32. The van der Waals surface area contributed by atoms with E-state index < -0.39 is 11.0 Å². The Hall–Kier alpha value is -3.09. The average molecular weight is 329 g/mol. The molecule has 1 atom stereocenters. The third-order valence-electron chi connectivity index (χ3n) is 3.28. The summed E-state index contributed by atoms with van der Waals surface area (Å²) in [6.07, 6.45) is 0. The quantitative estimate of drug-likeness (QED) is 0.599. The van der Waals surface area contributed by atoms with Crippen LogP contribution in [0, 0.1) is 10.1 Å². The van der Waals surface area contributed by atoms with E-state index in [2.05, 4.69) is 10.6 Å². The van der Waals surface area contributed by atoms with E-state index in [0.717, 1.165) is 0 Å². The van der Waals surface area contributed by atoms with E-state index in [1.807, 2.05) is 13.0 Å². The number of hydrogen-bond donors (Lipinski definition) is 2. The number of hydrogen-bond acceptors (Lipinski definition) is 5. The maximum Gasteiger partial charge on any atom is 0.271 e. The molecule has 0 saturated heterocycles. The summed E-state index contributed by atoms with van der Waals surface area (Å²) in [5.74, 6) is 0.324. The number of benzene rings is 2. The van der Waals surface area contributed by atoms with Gasteiger partial charge < -0.3 is 15.4 Å². The van der Waals surface area contributed by atoms with Crippen molar-refractivity contribution >= 4 is 23.0 Å². The van der Waals surface area contributed by atoms with Crippen LogP contribution in [0.25, 0.3) is 0 Å². The summed E-state index contributed by atoms with van der Waals surface area (Å²) >= 11 is 0. The average Bonchev–Trinajstić information content (AvgIpc) is 2.57. The molecule has 0 radical (unpaired) electrons. The van der Waals surface area contributed by atoms with Gasteiger partial charge in [-0.2, -0.15) is 0 Å². The summed E-state index contributed by atoms with van der Waals surface area (Å²) in [5, 5.41) is 16.5. The molecule has 0 unspecified atom stereocenters. The van der Waals surface area contributed by atoms with Crippen molar-refractivity contribution in [3.63, 3.8) is 0 Å². The van der Waals surface area contributed by atoms with Gasteiger partial charge >= 0.3 is 0 Å². The number of non-ortho nitro benzene ring substituents is 1. The highest BCUT2D eigenvalue weighted by molar-refractivity contribution is 5.97. The van der Waals surface area contributed by atoms with Crippen LogP contribution in [0.15, 0.2) is 48.5 Å². The highest BCUT2D eigenvalue weighted by Gasteiger charge is 2.16. The number of para-hydroxylation sites is 2. The fourth-order valence-corrected chi connectivity index (χ4v) is 2.12. The number of ether oxygens (including phenoxy) is 1. The molecular weight excluding hydrogens is 310 g/mol. The number of nitrogens with one attached hydrogen (secondary N) is 2. The van der Waals surface area contributed by atoms with Crippen molar-refractivity contribution < 1.29 is 14.5 Å². The second-order valence-corrected chi connectivity index (χ2v) is 5.09. The number of anilines is 2.